The lowest BCUT2D eigenvalue weighted by Crippen LogP contribution is -2.38. The number of methoxy groups -OCH3 is 1. The van der Waals surface area contributed by atoms with Crippen LogP contribution in [0.15, 0.2) is 12.3 Å². The highest BCUT2D eigenvalue weighted by Crippen LogP contribution is 2.27. The molecule has 1 aromatic heterocycles. The number of nitrogens with two attached hydrogens (primary N) is 1. The zero-order chi connectivity index (χ0) is 32.4. The second-order valence-corrected chi connectivity index (χ2v) is 10.2. The van der Waals surface area contributed by atoms with Gasteiger partial charge in [-0.05, 0) is 58.1 Å². The largest absolute Gasteiger partial charge is 0.453 e. The SMILES string of the molecule is C/C=C\N(C)C(C)CNc1nc(C#CCC2CCN(C(=O)OC)CC2)nc(N(C)COC(CC)C(=O)NCC)c1N.CC. The van der Waals surface area contributed by atoms with Gasteiger partial charge in [0, 0.05) is 52.7 Å². The summed E-state index contributed by atoms with van der Waals surface area (Å²) in [6.07, 6.45) is 6.09. The Morgan fingerprint density at radius 1 is 1.21 bits per heavy atom. The van der Waals surface area contributed by atoms with Crippen LogP contribution in [0.3, 0.4) is 0 Å². The van der Waals surface area contributed by atoms with Crippen LogP contribution in [0.4, 0.5) is 22.1 Å². The van der Waals surface area contributed by atoms with Gasteiger partial charge in [-0.1, -0.05) is 32.8 Å². The van der Waals surface area contributed by atoms with Crippen molar-refractivity contribution < 1.29 is 19.1 Å². The van der Waals surface area contributed by atoms with Gasteiger partial charge in [-0.3, -0.25) is 4.79 Å². The van der Waals surface area contributed by atoms with E-state index < -0.39 is 6.10 Å². The molecule has 2 amide bonds. The van der Waals surface area contributed by atoms with Crippen molar-refractivity contribution in [1.29, 1.82) is 0 Å². The monoisotopic (exact) mass is 602 g/mol. The van der Waals surface area contributed by atoms with Crippen molar-refractivity contribution in [2.45, 2.75) is 79.4 Å². The van der Waals surface area contributed by atoms with Crippen LogP contribution in [0.2, 0.25) is 0 Å². The van der Waals surface area contributed by atoms with Gasteiger partial charge in [-0.2, -0.15) is 0 Å². The summed E-state index contributed by atoms with van der Waals surface area (Å²) >= 11 is 0. The van der Waals surface area contributed by atoms with Crippen molar-refractivity contribution in [3.63, 3.8) is 0 Å². The third kappa shape index (κ3) is 12.2. The summed E-state index contributed by atoms with van der Waals surface area (Å²) in [7, 11) is 5.22. The summed E-state index contributed by atoms with van der Waals surface area (Å²) in [5.74, 6) is 7.90. The number of rotatable bonds is 13. The Bertz CT molecular complexity index is 1080. The molecule has 0 aliphatic carbocycles. The first-order valence-electron chi connectivity index (χ1n) is 15.3. The molecule has 1 aliphatic heterocycles. The van der Waals surface area contributed by atoms with E-state index in [1.165, 1.54) is 7.11 Å². The third-order valence-electron chi connectivity index (χ3n) is 7.05. The number of piperidine rings is 1. The van der Waals surface area contributed by atoms with Gasteiger partial charge >= 0.3 is 6.09 Å². The Kier molecular flexibility index (Phi) is 17.6. The number of anilines is 3. The number of nitrogens with zero attached hydrogens (tertiary/aromatic N) is 5. The van der Waals surface area contributed by atoms with Gasteiger partial charge in [0.2, 0.25) is 11.7 Å². The molecule has 0 radical (unpaired) electrons. The molecule has 0 aromatic carbocycles. The molecule has 0 spiro atoms. The molecule has 2 atom stereocenters. The summed E-state index contributed by atoms with van der Waals surface area (Å²) in [6, 6.07) is 0.179. The number of likely N-dealkylation sites (N-methyl/N-ethyl adjacent to an activating group) is 2. The Morgan fingerprint density at radius 2 is 1.88 bits per heavy atom. The van der Waals surface area contributed by atoms with E-state index >= 15 is 0 Å². The molecule has 2 rings (SSSR count). The lowest BCUT2D eigenvalue weighted by atomic mass is 9.94. The Balaban J connectivity index is 0.00000452. The standard InChI is InChI=1S/C29H48N8O4.C2H6/c1-8-16-35(5)21(4)19-32-26-25(30)27(36(6)20-41-23(9-2)28(38)31-10-3)34-24(33-26)13-11-12-22-14-17-37(18-15-22)29(39)40-7;1-2/h8,16,21-23H,9-10,12,14-15,17-20,30H2,1-7H3,(H,31,38)(H,32,33,34);1-2H3/b16-8-;. The molecule has 1 aromatic rings. The highest BCUT2D eigenvalue weighted by Gasteiger charge is 2.23. The van der Waals surface area contributed by atoms with Crippen molar-refractivity contribution >= 4 is 29.3 Å². The van der Waals surface area contributed by atoms with Crippen molar-refractivity contribution in [2.75, 3.05) is 70.1 Å². The number of carbonyl (C=O) groups is 2. The van der Waals surface area contributed by atoms with Crippen LogP contribution in [-0.2, 0) is 14.3 Å². The lowest BCUT2D eigenvalue weighted by molar-refractivity contribution is -0.132. The fourth-order valence-corrected chi connectivity index (χ4v) is 4.36. The fraction of sp³-hybridized carbons (Fsp3) is 0.677. The molecule has 242 valence electrons. The Hall–Kier alpha value is -3.72. The summed E-state index contributed by atoms with van der Waals surface area (Å²) in [5, 5.41) is 6.16. The first-order valence-corrected chi connectivity index (χ1v) is 15.3. The minimum Gasteiger partial charge on any atom is -0.453 e. The van der Waals surface area contributed by atoms with Gasteiger partial charge in [0.25, 0.3) is 0 Å². The molecule has 0 bridgehead atoms. The van der Waals surface area contributed by atoms with Crippen LogP contribution >= 0.6 is 0 Å². The van der Waals surface area contributed by atoms with Crippen LogP contribution in [0, 0.1) is 17.8 Å². The highest BCUT2D eigenvalue weighted by atomic mass is 16.5. The number of hydrogen-bond acceptors (Lipinski definition) is 10. The summed E-state index contributed by atoms with van der Waals surface area (Å²) in [6.45, 7) is 14.4. The molecule has 12 heteroatoms. The summed E-state index contributed by atoms with van der Waals surface area (Å²) in [4.78, 5) is 38.9. The highest BCUT2D eigenvalue weighted by molar-refractivity contribution is 5.80. The van der Waals surface area contributed by atoms with Gasteiger partial charge in [0.1, 0.15) is 18.5 Å². The van der Waals surface area contributed by atoms with Gasteiger partial charge in [-0.25, -0.2) is 14.8 Å². The van der Waals surface area contributed by atoms with E-state index in [0.717, 1.165) is 12.8 Å². The lowest BCUT2D eigenvalue weighted by Gasteiger charge is -2.29. The predicted octanol–water partition coefficient (Wildman–Crippen LogP) is 3.90. The van der Waals surface area contributed by atoms with Crippen molar-refractivity contribution in [2.24, 2.45) is 5.92 Å². The zero-order valence-corrected chi connectivity index (χ0v) is 27.7. The molecule has 2 unspecified atom stereocenters. The van der Waals surface area contributed by atoms with Crippen molar-refractivity contribution in [1.82, 2.24) is 25.1 Å². The molecule has 43 heavy (non-hydrogen) atoms. The minimum absolute atomic E-state index is 0.113. The average molecular weight is 603 g/mol. The van der Waals surface area contributed by atoms with Crippen molar-refractivity contribution in [3.8, 4) is 11.8 Å². The number of likely N-dealkylation sites (tertiary alicyclic amines) is 1. The molecule has 2 heterocycles. The molecular formula is C31H54N8O4. The molecule has 1 fully saturated rings. The number of nitrogen functional groups attached to an aromatic ring is 1. The van der Waals surface area contributed by atoms with Gasteiger partial charge in [0.15, 0.2) is 11.6 Å². The van der Waals surface area contributed by atoms with E-state index in [0.29, 0.717) is 68.1 Å². The maximum atomic E-state index is 12.3. The maximum absolute atomic E-state index is 12.3. The summed E-state index contributed by atoms with van der Waals surface area (Å²) < 4.78 is 10.7. The van der Waals surface area contributed by atoms with E-state index in [-0.39, 0.29) is 24.8 Å². The molecule has 0 saturated carbocycles. The van der Waals surface area contributed by atoms with Crippen LogP contribution < -0.4 is 21.3 Å². The maximum Gasteiger partial charge on any atom is 0.409 e. The predicted molar refractivity (Wildman–Crippen MR) is 174 cm³/mol. The average Bonchev–Trinajstić information content (AvgIpc) is 3.02. The van der Waals surface area contributed by atoms with Crippen LogP contribution in [-0.4, -0.2) is 98.0 Å². The second kappa shape index (κ2) is 20.2. The number of allylic oxidation sites excluding steroid dienone is 1. The number of aromatic nitrogens is 2. The molecule has 1 aliphatic rings. The van der Waals surface area contributed by atoms with Gasteiger partial charge < -0.3 is 40.5 Å². The number of hydrogen-bond donors (Lipinski definition) is 3. The van der Waals surface area contributed by atoms with Crippen LogP contribution in [0.25, 0.3) is 0 Å². The molecule has 1 saturated heterocycles. The number of ether oxygens (including phenoxy) is 2. The van der Waals surface area contributed by atoms with Gasteiger partial charge in [-0.15, -0.1) is 0 Å². The van der Waals surface area contributed by atoms with E-state index in [1.54, 1.807) is 9.80 Å². The zero-order valence-electron chi connectivity index (χ0n) is 27.7. The fourth-order valence-electron chi connectivity index (χ4n) is 4.36. The quantitative estimate of drug-likeness (QED) is 0.225. The number of carbonyl (C=O) groups excluding carboxylic acids is 2. The summed E-state index contributed by atoms with van der Waals surface area (Å²) in [5.41, 5.74) is 6.91. The van der Waals surface area contributed by atoms with E-state index in [9.17, 15) is 9.59 Å². The van der Waals surface area contributed by atoms with E-state index in [4.69, 9.17) is 15.2 Å². The topological polar surface area (TPSA) is 138 Å². The van der Waals surface area contributed by atoms with Crippen LogP contribution in [0.5, 0.6) is 0 Å². The normalized spacial score (nSPS) is 14.5. The third-order valence-corrected chi connectivity index (χ3v) is 7.05. The first-order chi connectivity index (χ1) is 20.6. The van der Waals surface area contributed by atoms with E-state index in [1.807, 2.05) is 61.0 Å². The second-order valence-electron chi connectivity index (χ2n) is 10.2. The van der Waals surface area contributed by atoms with Gasteiger partial charge in [0.05, 0.1) is 7.11 Å². The first kappa shape index (κ1) is 37.3. The Morgan fingerprint density at radius 3 is 2.47 bits per heavy atom. The van der Waals surface area contributed by atoms with E-state index in [2.05, 4.69) is 44.3 Å². The Labute approximate surface area is 258 Å². The molecular weight excluding hydrogens is 548 g/mol. The number of amides is 2. The smallest absolute Gasteiger partial charge is 0.409 e. The minimum atomic E-state index is -0.578. The van der Waals surface area contributed by atoms with Crippen molar-refractivity contribution in [3.05, 3.63) is 18.1 Å². The molecule has 4 N–H and O–H groups in total. The number of nitrogens with one attached hydrogen (secondary N) is 2. The molecule has 12 nitrogen and oxygen atoms in total. The van der Waals surface area contributed by atoms with Crippen LogP contribution in [0.1, 0.15) is 73.1 Å².